The first-order valence-corrected chi connectivity index (χ1v) is 10.2. The van der Waals surface area contributed by atoms with E-state index >= 15 is 0 Å². The Morgan fingerprint density at radius 2 is 1.97 bits per heavy atom. The van der Waals surface area contributed by atoms with Crippen molar-refractivity contribution in [2.24, 2.45) is 5.92 Å². The van der Waals surface area contributed by atoms with Crippen molar-refractivity contribution in [3.05, 3.63) is 47.8 Å². The highest BCUT2D eigenvalue weighted by Crippen LogP contribution is 2.37. The first kappa shape index (κ1) is 19.2. The Balaban J connectivity index is 1.28. The largest absolute Gasteiger partial charge is 0.368 e. The van der Waals surface area contributed by atoms with E-state index < -0.39 is 24.0 Å². The second-order valence-corrected chi connectivity index (χ2v) is 8.12. The molecule has 1 aromatic heterocycles. The Kier molecular flexibility index (Phi) is 4.61. The lowest BCUT2D eigenvalue weighted by Gasteiger charge is -2.27. The molecule has 158 valence electrons. The number of hydrogen-bond acceptors (Lipinski definition) is 6. The second-order valence-electron chi connectivity index (χ2n) is 8.12. The van der Waals surface area contributed by atoms with E-state index in [4.69, 9.17) is 9.47 Å². The lowest BCUT2D eigenvalue weighted by Crippen LogP contribution is -2.56. The summed E-state index contributed by atoms with van der Waals surface area (Å²) in [4.78, 5) is 25.0. The lowest BCUT2D eigenvalue weighted by atomic mass is 10.0. The fourth-order valence-corrected chi connectivity index (χ4v) is 4.14. The van der Waals surface area contributed by atoms with Gasteiger partial charge in [-0.25, -0.2) is 4.68 Å². The molecular formula is C21H24N4O5. The summed E-state index contributed by atoms with van der Waals surface area (Å²) in [6.07, 6.45) is 2.57. The number of ether oxygens (including phenoxy) is 2. The van der Waals surface area contributed by atoms with Gasteiger partial charge in [-0.05, 0) is 31.9 Å². The number of nitrogens with zero attached hydrogens (tertiary/aromatic N) is 2. The molecule has 3 aliphatic rings. The number of fused-ring (bicyclic) bond motifs is 1. The Hall–Kier alpha value is -2.75. The van der Waals surface area contributed by atoms with Crippen molar-refractivity contribution < 1.29 is 24.2 Å². The van der Waals surface area contributed by atoms with Crippen LogP contribution in [0.4, 0.5) is 0 Å². The number of carbonyl (C=O) groups is 2. The minimum atomic E-state index is -1.68. The van der Waals surface area contributed by atoms with Crippen LogP contribution < -0.4 is 10.6 Å². The third-order valence-corrected chi connectivity index (χ3v) is 6.05. The fraction of sp³-hybridized carbons (Fsp3) is 0.476. The van der Waals surface area contributed by atoms with Crippen LogP contribution in [0, 0.1) is 12.8 Å². The highest BCUT2D eigenvalue weighted by Gasteiger charge is 2.60. The van der Waals surface area contributed by atoms with Gasteiger partial charge in [-0.1, -0.05) is 18.2 Å². The first-order chi connectivity index (χ1) is 14.5. The maximum absolute atomic E-state index is 12.9. The van der Waals surface area contributed by atoms with Gasteiger partial charge >= 0.3 is 0 Å². The van der Waals surface area contributed by atoms with E-state index in [0.29, 0.717) is 11.3 Å². The number of carbonyl (C=O) groups excluding carboxylic acids is 2. The van der Waals surface area contributed by atoms with Crippen LogP contribution in [0.1, 0.15) is 28.9 Å². The number of amides is 2. The van der Waals surface area contributed by atoms with Crippen LogP contribution in [0.3, 0.4) is 0 Å². The molecule has 4 atom stereocenters. The van der Waals surface area contributed by atoms with Gasteiger partial charge < -0.3 is 25.2 Å². The van der Waals surface area contributed by atoms with Crippen LogP contribution in [0.25, 0.3) is 5.69 Å². The van der Waals surface area contributed by atoms with Crippen LogP contribution in [-0.4, -0.2) is 63.9 Å². The summed E-state index contributed by atoms with van der Waals surface area (Å²) in [5.41, 5.74) is 1.94. The summed E-state index contributed by atoms with van der Waals surface area (Å²) in [6.45, 7) is 2.04. The van der Waals surface area contributed by atoms with Crippen LogP contribution in [0.2, 0.25) is 0 Å². The number of para-hydroxylation sites is 1. The highest BCUT2D eigenvalue weighted by atomic mass is 16.7. The molecule has 1 aromatic carbocycles. The van der Waals surface area contributed by atoms with Crippen molar-refractivity contribution in [1.29, 1.82) is 0 Å². The molecule has 2 saturated heterocycles. The third kappa shape index (κ3) is 3.19. The molecule has 2 aromatic rings. The first-order valence-electron chi connectivity index (χ1n) is 10.2. The summed E-state index contributed by atoms with van der Waals surface area (Å²) < 4.78 is 13.0. The van der Waals surface area contributed by atoms with E-state index in [2.05, 4.69) is 15.7 Å². The van der Waals surface area contributed by atoms with Gasteiger partial charge in [-0.15, -0.1) is 0 Å². The fourth-order valence-electron chi connectivity index (χ4n) is 4.14. The standard InChI is InChI=1S/C21H24N4O5/c1-12-15(9-22-25(12)14-5-3-2-4-6-14)20(27)24-17-11-29-18-16(10-30-21(17,18)28)23-19(26)13-7-8-13/h2-6,9,13,16-18,28H,7-8,10-11H2,1H3,(H,23,26)(H,24,27)/t16-,17-,18+,21+/m0/s1. The van der Waals surface area contributed by atoms with Crippen LogP contribution >= 0.6 is 0 Å². The number of aliphatic hydroxyl groups is 1. The van der Waals surface area contributed by atoms with Crippen molar-refractivity contribution in [3.8, 4) is 5.69 Å². The lowest BCUT2D eigenvalue weighted by molar-refractivity contribution is -0.194. The molecule has 0 unspecified atom stereocenters. The SMILES string of the molecule is Cc1c(C(=O)N[C@H]2CO[C@@H]3[C@@H](NC(=O)C4CC4)CO[C@]23O)cnn1-c1ccccc1. The second kappa shape index (κ2) is 7.19. The van der Waals surface area contributed by atoms with E-state index in [1.807, 2.05) is 37.3 Å². The quantitative estimate of drug-likeness (QED) is 0.651. The van der Waals surface area contributed by atoms with Gasteiger partial charge in [-0.3, -0.25) is 9.59 Å². The van der Waals surface area contributed by atoms with Gasteiger partial charge in [0.1, 0.15) is 12.1 Å². The van der Waals surface area contributed by atoms with Crippen molar-refractivity contribution >= 4 is 11.8 Å². The van der Waals surface area contributed by atoms with Gasteiger partial charge in [0, 0.05) is 5.92 Å². The van der Waals surface area contributed by atoms with Crippen LogP contribution in [0.5, 0.6) is 0 Å². The molecule has 1 aliphatic carbocycles. The Morgan fingerprint density at radius 1 is 1.20 bits per heavy atom. The van der Waals surface area contributed by atoms with Gasteiger partial charge in [0.05, 0.1) is 42.4 Å². The zero-order valence-electron chi connectivity index (χ0n) is 16.6. The number of nitrogens with one attached hydrogen (secondary N) is 2. The molecule has 2 aliphatic heterocycles. The zero-order chi connectivity index (χ0) is 20.9. The summed E-state index contributed by atoms with van der Waals surface area (Å²) in [6, 6.07) is 8.33. The normalized spacial score (nSPS) is 30.1. The molecule has 0 radical (unpaired) electrons. The molecule has 5 rings (SSSR count). The van der Waals surface area contributed by atoms with Crippen molar-refractivity contribution in [2.75, 3.05) is 13.2 Å². The van der Waals surface area contributed by atoms with E-state index in [0.717, 1.165) is 18.5 Å². The van der Waals surface area contributed by atoms with Crippen LogP contribution in [0.15, 0.2) is 36.5 Å². The molecule has 3 N–H and O–H groups in total. The van der Waals surface area contributed by atoms with Crippen molar-refractivity contribution in [2.45, 2.75) is 43.7 Å². The maximum Gasteiger partial charge on any atom is 0.255 e. The zero-order valence-corrected chi connectivity index (χ0v) is 16.6. The van der Waals surface area contributed by atoms with Crippen molar-refractivity contribution in [1.82, 2.24) is 20.4 Å². The van der Waals surface area contributed by atoms with Gasteiger partial charge in [0.25, 0.3) is 5.91 Å². The molecule has 30 heavy (non-hydrogen) atoms. The average Bonchev–Trinajstić information content (AvgIpc) is 3.37. The Labute approximate surface area is 173 Å². The Bertz CT molecular complexity index is 973. The average molecular weight is 412 g/mol. The summed E-state index contributed by atoms with van der Waals surface area (Å²) in [7, 11) is 0. The predicted octanol–water partition coefficient (Wildman–Crippen LogP) is 0.292. The molecule has 9 nitrogen and oxygen atoms in total. The van der Waals surface area contributed by atoms with E-state index in [-0.39, 0.29) is 30.9 Å². The molecule has 0 spiro atoms. The minimum Gasteiger partial charge on any atom is -0.368 e. The molecule has 3 heterocycles. The van der Waals surface area contributed by atoms with Gasteiger partial charge in [-0.2, -0.15) is 5.10 Å². The van der Waals surface area contributed by atoms with Gasteiger partial charge in [0.15, 0.2) is 0 Å². The maximum atomic E-state index is 12.9. The molecule has 2 amide bonds. The molecule has 3 fully saturated rings. The molecule has 1 saturated carbocycles. The molecule has 9 heteroatoms. The van der Waals surface area contributed by atoms with E-state index in [1.165, 1.54) is 6.20 Å². The third-order valence-electron chi connectivity index (χ3n) is 6.05. The summed E-state index contributed by atoms with van der Waals surface area (Å²) in [5.74, 6) is -2.03. The summed E-state index contributed by atoms with van der Waals surface area (Å²) >= 11 is 0. The Morgan fingerprint density at radius 3 is 2.70 bits per heavy atom. The molecule has 0 bridgehead atoms. The highest BCUT2D eigenvalue weighted by molar-refractivity contribution is 5.95. The number of hydrogen-bond donors (Lipinski definition) is 3. The van der Waals surface area contributed by atoms with E-state index in [1.54, 1.807) is 4.68 Å². The summed E-state index contributed by atoms with van der Waals surface area (Å²) in [5, 5.41) is 21.1. The van der Waals surface area contributed by atoms with Crippen LogP contribution in [-0.2, 0) is 14.3 Å². The number of aromatic nitrogens is 2. The predicted molar refractivity (Wildman–Crippen MR) is 105 cm³/mol. The van der Waals surface area contributed by atoms with Gasteiger partial charge in [0.2, 0.25) is 11.7 Å². The van der Waals surface area contributed by atoms with E-state index in [9.17, 15) is 14.7 Å². The monoisotopic (exact) mass is 412 g/mol. The molecular weight excluding hydrogens is 388 g/mol. The van der Waals surface area contributed by atoms with Crippen molar-refractivity contribution in [3.63, 3.8) is 0 Å². The topological polar surface area (TPSA) is 115 Å². The number of benzene rings is 1. The number of rotatable bonds is 5. The minimum absolute atomic E-state index is 0.0344. The smallest absolute Gasteiger partial charge is 0.255 e.